The fourth-order valence-corrected chi connectivity index (χ4v) is 2.83. The van der Waals surface area contributed by atoms with Crippen LogP contribution in [0, 0.1) is 11.8 Å². The summed E-state index contributed by atoms with van der Waals surface area (Å²) in [6.45, 7) is 12.2. The average molecular weight is 245 g/mol. The molecular formula is C13H27NOS. The molecule has 0 aromatic carbocycles. The van der Waals surface area contributed by atoms with Gasteiger partial charge in [0.15, 0.2) is 0 Å². The summed E-state index contributed by atoms with van der Waals surface area (Å²) in [4.78, 5) is 2.61. The van der Waals surface area contributed by atoms with Crippen molar-refractivity contribution in [3.8, 4) is 0 Å². The Bertz CT molecular complexity index is 196. The van der Waals surface area contributed by atoms with Gasteiger partial charge >= 0.3 is 0 Å². The smallest absolute Gasteiger partial charge is 0.0674 e. The SMILES string of the molecule is CCC1COC(C)CN1CC(CS)C(C)C. The Morgan fingerprint density at radius 3 is 2.62 bits per heavy atom. The van der Waals surface area contributed by atoms with Crippen LogP contribution in [0.1, 0.15) is 34.1 Å². The van der Waals surface area contributed by atoms with E-state index in [1.165, 1.54) is 13.0 Å². The molecular weight excluding hydrogens is 218 g/mol. The van der Waals surface area contributed by atoms with Gasteiger partial charge in [0.1, 0.15) is 0 Å². The van der Waals surface area contributed by atoms with Crippen LogP contribution in [-0.4, -0.2) is 42.5 Å². The first-order valence-corrected chi connectivity index (χ1v) is 7.18. The molecule has 0 bridgehead atoms. The summed E-state index contributed by atoms with van der Waals surface area (Å²) in [5.41, 5.74) is 0. The molecule has 0 aliphatic carbocycles. The van der Waals surface area contributed by atoms with Gasteiger partial charge < -0.3 is 4.74 Å². The van der Waals surface area contributed by atoms with Gasteiger partial charge in [-0.15, -0.1) is 0 Å². The van der Waals surface area contributed by atoms with E-state index in [9.17, 15) is 0 Å². The standard InChI is InChI=1S/C13H27NOS/c1-5-13-8-15-11(4)6-14(13)7-12(9-16)10(2)3/h10-13,16H,5-9H2,1-4H3. The summed E-state index contributed by atoms with van der Waals surface area (Å²) in [5.74, 6) is 2.40. The molecule has 3 unspecified atom stereocenters. The number of nitrogens with zero attached hydrogens (tertiary/aromatic N) is 1. The van der Waals surface area contributed by atoms with Gasteiger partial charge in [-0.25, -0.2) is 0 Å². The zero-order valence-corrected chi connectivity index (χ0v) is 12.0. The van der Waals surface area contributed by atoms with E-state index in [2.05, 4.69) is 45.2 Å². The van der Waals surface area contributed by atoms with Gasteiger partial charge in [-0.2, -0.15) is 12.6 Å². The van der Waals surface area contributed by atoms with E-state index in [1.54, 1.807) is 0 Å². The predicted octanol–water partition coefficient (Wildman–Crippen LogP) is 2.69. The molecule has 0 spiro atoms. The van der Waals surface area contributed by atoms with Gasteiger partial charge in [0, 0.05) is 19.1 Å². The maximum Gasteiger partial charge on any atom is 0.0674 e. The first kappa shape index (κ1) is 14.3. The largest absolute Gasteiger partial charge is 0.376 e. The van der Waals surface area contributed by atoms with E-state index in [-0.39, 0.29) is 0 Å². The van der Waals surface area contributed by atoms with Crippen LogP contribution in [0.25, 0.3) is 0 Å². The molecule has 1 aliphatic heterocycles. The summed E-state index contributed by atoms with van der Waals surface area (Å²) < 4.78 is 5.73. The quantitative estimate of drug-likeness (QED) is 0.748. The molecule has 16 heavy (non-hydrogen) atoms. The highest BCUT2D eigenvalue weighted by molar-refractivity contribution is 7.80. The first-order chi connectivity index (χ1) is 7.58. The molecule has 0 amide bonds. The second-order valence-corrected chi connectivity index (χ2v) is 5.71. The van der Waals surface area contributed by atoms with E-state index in [0.29, 0.717) is 24.0 Å². The minimum absolute atomic E-state index is 0.385. The zero-order chi connectivity index (χ0) is 12.1. The van der Waals surface area contributed by atoms with Gasteiger partial charge in [0.2, 0.25) is 0 Å². The molecule has 0 aromatic heterocycles. The molecule has 1 rings (SSSR count). The minimum atomic E-state index is 0.385. The maximum absolute atomic E-state index is 5.73. The second-order valence-electron chi connectivity index (χ2n) is 5.35. The molecule has 96 valence electrons. The molecule has 3 atom stereocenters. The molecule has 2 nitrogen and oxygen atoms in total. The minimum Gasteiger partial charge on any atom is -0.376 e. The Balaban J connectivity index is 2.53. The lowest BCUT2D eigenvalue weighted by molar-refractivity contribution is -0.0614. The number of hydrogen-bond donors (Lipinski definition) is 1. The van der Waals surface area contributed by atoms with E-state index in [1.807, 2.05) is 0 Å². The highest BCUT2D eigenvalue weighted by Gasteiger charge is 2.27. The van der Waals surface area contributed by atoms with Crippen molar-refractivity contribution in [3.05, 3.63) is 0 Å². The Kier molecular flexibility index (Phi) is 6.16. The number of thiol groups is 1. The van der Waals surface area contributed by atoms with Crippen LogP contribution in [0.3, 0.4) is 0 Å². The predicted molar refractivity (Wildman–Crippen MR) is 73.2 cm³/mol. The van der Waals surface area contributed by atoms with Crippen LogP contribution < -0.4 is 0 Å². The van der Waals surface area contributed by atoms with Crippen molar-refractivity contribution in [1.29, 1.82) is 0 Å². The third-order valence-corrected chi connectivity index (χ3v) is 4.17. The van der Waals surface area contributed by atoms with Crippen LogP contribution >= 0.6 is 12.6 Å². The highest BCUT2D eigenvalue weighted by atomic mass is 32.1. The molecule has 1 heterocycles. The number of morpholine rings is 1. The van der Waals surface area contributed by atoms with Crippen LogP contribution in [0.5, 0.6) is 0 Å². The molecule has 0 N–H and O–H groups in total. The Morgan fingerprint density at radius 1 is 1.44 bits per heavy atom. The van der Waals surface area contributed by atoms with Crippen molar-refractivity contribution in [3.63, 3.8) is 0 Å². The molecule has 0 radical (unpaired) electrons. The summed E-state index contributed by atoms with van der Waals surface area (Å²) in [7, 11) is 0. The average Bonchev–Trinajstić information content (AvgIpc) is 2.25. The third-order valence-electron chi connectivity index (χ3n) is 3.70. The van der Waals surface area contributed by atoms with Crippen molar-refractivity contribution in [2.24, 2.45) is 11.8 Å². The van der Waals surface area contributed by atoms with Gasteiger partial charge in [-0.05, 0) is 30.9 Å². The van der Waals surface area contributed by atoms with Gasteiger partial charge in [0.25, 0.3) is 0 Å². The fraction of sp³-hybridized carbons (Fsp3) is 1.00. The van der Waals surface area contributed by atoms with E-state index in [0.717, 1.165) is 18.9 Å². The fourth-order valence-electron chi connectivity index (χ4n) is 2.29. The lowest BCUT2D eigenvalue weighted by atomic mass is 9.96. The summed E-state index contributed by atoms with van der Waals surface area (Å²) in [6.07, 6.45) is 1.57. The Morgan fingerprint density at radius 2 is 2.12 bits per heavy atom. The normalized spacial score (nSPS) is 29.6. The van der Waals surface area contributed by atoms with Crippen molar-refractivity contribution in [2.75, 3.05) is 25.4 Å². The third kappa shape index (κ3) is 3.94. The molecule has 1 fully saturated rings. The first-order valence-electron chi connectivity index (χ1n) is 6.54. The lowest BCUT2D eigenvalue weighted by Gasteiger charge is -2.40. The summed E-state index contributed by atoms with van der Waals surface area (Å²) in [6, 6.07) is 0.609. The number of ether oxygens (including phenoxy) is 1. The summed E-state index contributed by atoms with van der Waals surface area (Å²) >= 11 is 4.48. The molecule has 1 saturated heterocycles. The topological polar surface area (TPSA) is 12.5 Å². The van der Waals surface area contributed by atoms with Crippen molar-refractivity contribution < 1.29 is 4.74 Å². The van der Waals surface area contributed by atoms with E-state index >= 15 is 0 Å². The van der Waals surface area contributed by atoms with Crippen LogP contribution in [0.2, 0.25) is 0 Å². The van der Waals surface area contributed by atoms with Gasteiger partial charge in [-0.1, -0.05) is 20.8 Å². The van der Waals surface area contributed by atoms with Gasteiger partial charge in [-0.3, -0.25) is 4.90 Å². The number of hydrogen-bond acceptors (Lipinski definition) is 3. The number of rotatable bonds is 5. The molecule has 0 aromatic rings. The van der Waals surface area contributed by atoms with E-state index < -0.39 is 0 Å². The Hall–Kier alpha value is 0.270. The van der Waals surface area contributed by atoms with Crippen LogP contribution in [0.4, 0.5) is 0 Å². The summed E-state index contributed by atoms with van der Waals surface area (Å²) in [5, 5.41) is 0. The van der Waals surface area contributed by atoms with E-state index in [4.69, 9.17) is 4.74 Å². The second kappa shape index (κ2) is 6.87. The lowest BCUT2D eigenvalue weighted by Crippen LogP contribution is -2.50. The van der Waals surface area contributed by atoms with Crippen molar-refractivity contribution in [1.82, 2.24) is 4.90 Å². The van der Waals surface area contributed by atoms with Crippen molar-refractivity contribution in [2.45, 2.75) is 46.3 Å². The van der Waals surface area contributed by atoms with Crippen LogP contribution in [0.15, 0.2) is 0 Å². The zero-order valence-electron chi connectivity index (χ0n) is 11.1. The van der Waals surface area contributed by atoms with Crippen LogP contribution in [-0.2, 0) is 4.74 Å². The Labute approximate surface area is 106 Å². The van der Waals surface area contributed by atoms with Crippen molar-refractivity contribution >= 4 is 12.6 Å². The monoisotopic (exact) mass is 245 g/mol. The maximum atomic E-state index is 5.73. The highest BCUT2D eigenvalue weighted by Crippen LogP contribution is 2.20. The van der Waals surface area contributed by atoms with Gasteiger partial charge in [0.05, 0.1) is 12.7 Å². The molecule has 0 saturated carbocycles. The molecule has 1 aliphatic rings. The molecule has 3 heteroatoms.